The van der Waals surface area contributed by atoms with Crippen LogP contribution in [0.4, 0.5) is 0 Å². The first-order chi connectivity index (χ1) is 6.24. The summed E-state index contributed by atoms with van der Waals surface area (Å²) in [6.45, 7) is 2.50. The van der Waals surface area contributed by atoms with Crippen LogP contribution in [-0.2, 0) is 11.2 Å². The summed E-state index contributed by atoms with van der Waals surface area (Å²) < 4.78 is 4.95. The Bertz CT molecular complexity index is 248. The number of aliphatic hydroxyl groups excluding tert-OH is 1. The zero-order chi connectivity index (χ0) is 9.68. The minimum Gasteiger partial charge on any atom is -0.387 e. The van der Waals surface area contributed by atoms with E-state index in [0.29, 0.717) is 0 Å². The lowest BCUT2D eigenvalue weighted by Crippen LogP contribution is -1.94. The van der Waals surface area contributed by atoms with Crippen molar-refractivity contribution in [3.8, 4) is 0 Å². The molecule has 0 aliphatic carbocycles. The van der Waals surface area contributed by atoms with Crippen molar-refractivity contribution in [3.05, 3.63) is 16.1 Å². The quantitative estimate of drug-likeness (QED) is 0.738. The Labute approximate surface area is 82.4 Å². The van der Waals surface area contributed by atoms with E-state index in [1.807, 2.05) is 5.38 Å². The molecule has 0 radical (unpaired) electrons. The number of methoxy groups -OCH3 is 1. The monoisotopic (exact) mass is 201 g/mol. The van der Waals surface area contributed by atoms with Crippen LogP contribution >= 0.6 is 11.3 Å². The fourth-order valence-electron chi connectivity index (χ4n) is 1.000. The molecule has 1 N–H and O–H groups in total. The fourth-order valence-corrected chi connectivity index (χ4v) is 1.93. The van der Waals surface area contributed by atoms with Crippen LogP contribution in [0.25, 0.3) is 0 Å². The van der Waals surface area contributed by atoms with E-state index in [1.165, 1.54) is 0 Å². The summed E-state index contributed by atoms with van der Waals surface area (Å²) in [7, 11) is 1.70. The third kappa shape index (κ3) is 3.42. The molecule has 1 atom stereocenters. The molecule has 0 amide bonds. The van der Waals surface area contributed by atoms with E-state index in [2.05, 4.69) is 4.98 Å². The summed E-state index contributed by atoms with van der Waals surface area (Å²) in [5.41, 5.74) is 0.775. The topological polar surface area (TPSA) is 42.4 Å². The van der Waals surface area contributed by atoms with Crippen LogP contribution in [0.1, 0.15) is 30.2 Å². The predicted molar refractivity (Wildman–Crippen MR) is 52.9 cm³/mol. The Morgan fingerprint density at radius 1 is 1.69 bits per heavy atom. The Kier molecular flexibility index (Phi) is 4.35. The molecule has 0 bridgehead atoms. The number of ether oxygens (including phenoxy) is 1. The average Bonchev–Trinajstić information content (AvgIpc) is 2.53. The van der Waals surface area contributed by atoms with Crippen LogP contribution < -0.4 is 0 Å². The van der Waals surface area contributed by atoms with Gasteiger partial charge in [0.2, 0.25) is 0 Å². The highest BCUT2D eigenvalue weighted by Gasteiger charge is 2.05. The van der Waals surface area contributed by atoms with Gasteiger partial charge in [-0.05, 0) is 13.3 Å². The molecule has 1 unspecified atom stereocenters. The van der Waals surface area contributed by atoms with Gasteiger partial charge >= 0.3 is 0 Å². The molecule has 0 spiro atoms. The van der Waals surface area contributed by atoms with Gasteiger partial charge in [0.15, 0.2) is 0 Å². The molecule has 0 aliphatic rings. The van der Waals surface area contributed by atoms with Gasteiger partial charge < -0.3 is 9.84 Å². The first-order valence-corrected chi connectivity index (χ1v) is 5.23. The maximum absolute atomic E-state index is 9.23. The number of hydrogen-bond acceptors (Lipinski definition) is 4. The van der Waals surface area contributed by atoms with Gasteiger partial charge in [0, 0.05) is 25.5 Å². The van der Waals surface area contributed by atoms with Crippen molar-refractivity contribution in [2.24, 2.45) is 0 Å². The van der Waals surface area contributed by atoms with Crippen LogP contribution in [0, 0.1) is 0 Å². The molecule has 0 saturated carbocycles. The maximum atomic E-state index is 9.23. The minimum atomic E-state index is -0.451. The Morgan fingerprint density at radius 3 is 3.00 bits per heavy atom. The molecule has 1 heterocycles. The van der Waals surface area contributed by atoms with Gasteiger partial charge in [0.05, 0.1) is 16.8 Å². The number of aliphatic hydroxyl groups is 1. The Hall–Kier alpha value is -0.450. The Balaban J connectivity index is 2.40. The Morgan fingerprint density at radius 2 is 2.46 bits per heavy atom. The second kappa shape index (κ2) is 5.32. The van der Waals surface area contributed by atoms with Gasteiger partial charge in [0.25, 0.3) is 0 Å². The summed E-state index contributed by atoms with van der Waals surface area (Å²) in [6, 6.07) is 0. The number of aromatic nitrogens is 1. The van der Waals surface area contributed by atoms with Crippen LogP contribution in [0.5, 0.6) is 0 Å². The SMILES string of the molecule is COCCCc1nc(C(C)O)cs1. The van der Waals surface area contributed by atoms with Crippen molar-refractivity contribution in [2.75, 3.05) is 13.7 Å². The van der Waals surface area contributed by atoms with Gasteiger partial charge in [-0.2, -0.15) is 0 Å². The molecule has 1 aromatic heterocycles. The third-order valence-electron chi connectivity index (χ3n) is 1.74. The molecular formula is C9H15NO2S. The highest BCUT2D eigenvalue weighted by atomic mass is 32.1. The van der Waals surface area contributed by atoms with Gasteiger partial charge in [-0.1, -0.05) is 0 Å². The molecule has 0 aliphatic heterocycles. The zero-order valence-corrected chi connectivity index (χ0v) is 8.80. The summed E-state index contributed by atoms with van der Waals surface area (Å²) in [5.74, 6) is 0. The van der Waals surface area contributed by atoms with E-state index >= 15 is 0 Å². The zero-order valence-electron chi connectivity index (χ0n) is 7.99. The fraction of sp³-hybridized carbons (Fsp3) is 0.667. The highest BCUT2D eigenvalue weighted by Crippen LogP contribution is 2.17. The summed E-state index contributed by atoms with van der Waals surface area (Å²) in [6.07, 6.45) is 1.47. The van der Waals surface area contributed by atoms with Gasteiger partial charge in [-0.25, -0.2) is 4.98 Å². The molecule has 0 fully saturated rings. The molecule has 0 saturated heterocycles. The first kappa shape index (κ1) is 10.6. The number of rotatable bonds is 5. The van der Waals surface area contributed by atoms with Crippen molar-refractivity contribution in [3.63, 3.8) is 0 Å². The van der Waals surface area contributed by atoms with E-state index in [9.17, 15) is 5.11 Å². The van der Waals surface area contributed by atoms with E-state index in [1.54, 1.807) is 25.4 Å². The lowest BCUT2D eigenvalue weighted by molar-refractivity contribution is 0.193. The van der Waals surface area contributed by atoms with Crippen molar-refractivity contribution < 1.29 is 9.84 Å². The lowest BCUT2D eigenvalue weighted by atomic mass is 10.3. The van der Waals surface area contributed by atoms with Crippen LogP contribution in [0.3, 0.4) is 0 Å². The molecule has 0 aromatic carbocycles. The summed E-state index contributed by atoms with van der Waals surface area (Å²) in [4.78, 5) is 4.29. The van der Waals surface area contributed by atoms with Crippen LogP contribution in [-0.4, -0.2) is 23.8 Å². The molecule has 1 aromatic rings. The number of nitrogens with zero attached hydrogens (tertiary/aromatic N) is 1. The van der Waals surface area contributed by atoms with Gasteiger partial charge in [-0.15, -0.1) is 11.3 Å². The molecular weight excluding hydrogens is 186 g/mol. The number of hydrogen-bond donors (Lipinski definition) is 1. The summed E-state index contributed by atoms with van der Waals surface area (Å²) >= 11 is 1.60. The first-order valence-electron chi connectivity index (χ1n) is 4.35. The van der Waals surface area contributed by atoms with E-state index in [-0.39, 0.29) is 0 Å². The molecule has 3 nitrogen and oxygen atoms in total. The molecule has 1 rings (SSSR count). The second-order valence-corrected chi connectivity index (χ2v) is 3.88. The average molecular weight is 201 g/mol. The maximum Gasteiger partial charge on any atom is 0.0940 e. The molecule has 74 valence electrons. The van der Waals surface area contributed by atoms with Crippen molar-refractivity contribution >= 4 is 11.3 Å². The van der Waals surface area contributed by atoms with Crippen LogP contribution in [0.2, 0.25) is 0 Å². The van der Waals surface area contributed by atoms with Crippen LogP contribution in [0.15, 0.2) is 5.38 Å². The van der Waals surface area contributed by atoms with E-state index < -0.39 is 6.10 Å². The predicted octanol–water partition coefficient (Wildman–Crippen LogP) is 1.78. The van der Waals surface area contributed by atoms with Crippen molar-refractivity contribution in [1.82, 2.24) is 4.98 Å². The normalized spacial score (nSPS) is 13.2. The minimum absolute atomic E-state index is 0.451. The summed E-state index contributed by atoms with van der Waals surface area (Å²) in [5, 5.41) is 12.2. The van der Waals surface area contributed by atoms with Gasteiger partial charge in [-0.3, -0.25) is 0 Å². The number of aryl methyl sites for hydroxylation is 1. The van der Waals surface area contributed by atoms with Gasteiger partial charge in [0.1, 0.15) is 0 Å². The van der Waals surface area contributed by atoms with Crippen molar-refractivity contribution in [1.29, 1.82) is 0 Å². The van der Waals surface area contributed by atoms with E-state index in [4.69, 9.17) is 4.74 Å². The molecule has 4 heteroatoms. The lowest BCUT2D eigenvalue weighted by Gasteiger charge is -1.97. The largest absolute Gasteiger partial charge is 0.387 e. The smallest absolute Gasteiger partial charge is 0.0940 e. The standard InChI is InChI=1S/C9H15NO2S/c1-7(11)8-6-13-9(10-8)4-3-5-12-2/h6-7,11H,3-5H2,1-2H3. The molecule has 13 heavy (non-hydrogen) atoms. The van der Waals surface area contributed by atoms with E-state index in [0.717, 1.165) is 30.2 Å². The number of thiazole rings is 1. The second-order valence-electron chi connectivity index (χ2n) is 2.94. The highest BCUT2D eigenvalue weighted by molar-refractivity contribution is 7.09. The van der Waals surface area contributed by atoms with Crippen molar-refractivity contribution in [2.45, 2.75) is 25.9 Å². The third-order valence-corrected chi connectivity index (χ3v) is 2.66.